The van der Waals surface area contributed by atoms with Crippen molar-refractivity contribution >= 4 is 5.91 Å². The number of carbonyl (C=O) groups excluding carboxylic acids is 1. The van der Waals surface area contributed by atoms with Crippen molar-refractivity contribution in [3.63, 3.8) is 0 Å². The van der Waals surface area contributed by atoms with Crippen LogP contribution in [0.25, 0.3) is 0 Å². The zero-order chi connectivity index (χ0) is 37.5. The Hall–Kier alpha value is -1.73. The second-order valence-corrected chi connectivity index (χ2v) is 14.7. The molecule has 4 atom stereocenters. The quantitative estimate of drug-likeness (QED) is 0.0323. The fourth-order valence-electron chi connectivity index (χ4n) is 6.25. The van der Waals surface area contributed by atoms with Gasteiger partial charge in [0.15, 0.2) is 0 Å². The highest BCUT2D eigenvalue weighted by atomic mass is 16.3. The van der Waals surface area contributed by atoms with Gasteiger partial charge in [0, 0.05) is 0 Å². The number of nitrogens with one attached hydrogen (secondary N) is 1. The molecule has 0 aliphatic heterocycles. The zero-order valence-electron chi connectivity index (χ0n) is 33.3. The van der Waals surface area contributed by atoms with Gasteiger partial charge in [0.2, 0.25) is 5.91 Å². The van der Waals surface area contributed by atoms with Crippen molar-refractivity contribution in [2.24, 2.45) is 0 Å². The van der Waals surface area contributed by atoms with Crippen molar-refractivity contribution < 1.29 is 25.2 Å². The zero-order valence-corrected chi connectivity index (χ0v) is 33.3. The average Bonchev–Trinajstić information content (AvgIpc) is 3.13. The van der Waals surface area contributed by atoms with Crippen molar-refractivity contribution in [2.45, 2.75) is 224 Å². The van der Waals surface area contributed by atoms with E-state index in [-0.39, 0.29) is 0 Å². The van der Waals surface area contributed by atoms with Crippen molar-refractivity contribution in [1.29, 1.82) is 0 Å². The Morgan fingerprint density at radius 1 is 0.471 bits per heavy atom. The summed E-state index contributed by atoms with van der Waals surface area (Å²) in [6.45, 7) is 3.99. The summed E-state index contributed by atoms with van der Waals surface area (Å²) < 4.78 is 0. The molecule has 1 amide bonds. The minimum atomic E-state index is -1.30. The summed E-state index contributed by atoms with van der Waals surface area (Å²) in [5.41, 5.74) is 0. The molecule has 6 nitrogen and oxygen atoms in total. The van der Waals surface area contributed by atoms with Crippen LogP contribution in [0.3, 0.4) is 0 Å². The molecule has 0 rings (SSSR count). The van der Waals surface area contributed by atoms with Gasteiger partial charge in [0.1, 0.15) is 12.2 Å². The SMILES string of the molecule is CCCCC/C=C/CC/C=C/CC/C=C/CCCC(O)C(O)C(CO)NC(=O)C(O)CCCCCCCC/C=C\CCCCCCCCCCC. The molecule has 0 heterocycles. The van der Waals surface area contributed by atoms with E-state index in [1.807, 2.05) is 0 Å². The number of hydrogen-bond donors (Lipinski definition) is 5. The van der Waals surface area contributed by atoms with E-state index in [0.717, 1.165) is 64.2 Å². The van der Waals surface area contributed by atoms with E-state index in [2.05, 4.69) is 67.8 Å². The van der Waals surface area contributed by atoms with Crippen molar-refractivity contribution in [2.75, 3.05) is 6.61 Å². The third kappa shape index (κ3) is 33.8. The van der Waals surface area contributed by atoms with E-state index < -0.39 is 36.9 Å². The summed E-state index contributed by atoms with van der Waals surface area (Å²) in [7, 11) is 0. The summed E-state index contributed by atoms with van der Waals surface area (Å²) in [5, 5.41) is 43.6. The first-order valence-corrected chi connectivity index (χ1v) is 21.5. The predicted octanol–water partition coefficient (Wildman–Crippen LogP) is 11.1. The van der Waals surface area contributed by atoms with Gasteiger partial charge >= 0.3 is 0 Å². The molecule has 5 N–H and O–H groups in total. The number of hydrogen-bond acceptors (Lipinski definition) is 5. The average molecular weight is 718 g/mol. The smallest absolute Gasteiger partial charge is 0.249 e. The Balaban J connectivity index is 3.84. The van der Waals surface area contributed by atoms with Crippen LogP contribution < -0.4 is 5.32 Å². The normalized spacial score (nSPS) is 14.7. The molecule has 0 spiro atoms. The first-order valence-electron chi connectivity index (χ1n) is 21.5. The van der Waals surface area contributed by atoms with E-state index in [9.17, 15) is 25.2 Å². The summed E-state index contributed by atoms with van der Waals surface area (Å²) in [6, 6.07) is -1.01. The number of carbonyl (C=O) groups is 1. The molecule has 6 heteroatoms. The number of unbranched alkanes of at least 4 members (excludes halogenated alkanes) is 21. The van der Waals surface area contributed by atoms with Crippen LogP contribution in [-0.4, -0.2) is 57.3 Å². The molecule has 0 aliphatic carbocycles. The van der Waals surface area contributed by atoms with Gasteiger partial charge in [-0.25, -0.2) is 0 Å². The first kappa shape index (κ1) is 49.3. The van der Waals surface area contributed by atoms with E-state index in [4.69, 9.17) is 0 Å². The molecular weight excluding hydrogens is 634 g/mol. The lowest BCUT2D eigenvalue weighted by Crippen LogP contribution is -2.53. The molecule has 0 fully saturated rings. The molecule has 0 saturated carbocycles. The molecule has 0 aromatic carbocycles. The summed E-state index contributed by atoms with van der Waals surface area (Å²) in [4.78, 5) is 12.5. The van der Waals surface area contributed by atoms with Crippen molar-refractivity contribution in [1.82, 2.24) is 5.32 Å². The van der Waals surface area contributed by atoms with Crippen LogP contribution in [0.4, 0.5) is 0 Å². The van der Waals surface area contributed by atoms with Gasteiger partial charge in [0.05, 0.1) is 18.8 Å². The fourth-order valence-corrected chi connectivity index (χ4v) is 6.25. The molecule has 51 heavy (non-hydrogen) atoms. The van der Waals surface area contributed by atoms with E-state index in [0.29, 0.717) is 19.3 Å². The van der Waals surface area contributed by atoms with Crippen LogP contribution in [0, 0.1) is 0 Å². The number of aliphatic hydroxyl groups excluding tert-OH is 4. The van der Waals surface area contributed by atoms with E-state index in [1.165, 1.54) is 103 Å². The second-order valence-electron chi connectivity index (χ2n) is 14.7. The molecular formula is C45H83NO5. The maximum atomic E-state index is 12.5. The summed E-state index contributed by atoms with van der Waals surface area (Å²) in [6.07, 6.45) is 47.0. The third-order valence-electron chi connectivity index (χ3n) is 9.72. The van der Waals surface area contributed by atoms with Crippen LogP contribution in [0.15, 0.2) is 48.6 Å². The fraction of sp³-hybridized carbons (Fsp3) is 0.800. The number of allylic oxidation sites excluding steroid dienone is 8. The van der Waals surface area contributed by atoms with Gasteiger partial charge in [-0.05, 0) is 89.9 Å². The highest BCUT2D eigenvalue weighted by Gasteiger charge is 2.28. The minimum Gasteiger partial charge on any atom is -0.394 e. The van der Waals surface area contributed by atoms with Crippen molar-refractivity contribution in [3.05, 3.63) is 48.6 Å². The maximum Gasteiger partial charge on any atom is 0.249 e. The van der Waals surface area contributed by atoms with Gasteiger partial charge in [-0.2, -0.15) is 0 Å². The van der Waals surface area contributed by atoms with Crippen LogP contribution in [0.5, 0.6) is 0 Å². The number of aliphatic hydroxyl groups is 4. The summed E-state index contributed by atoms with van der Waals surface area (Å²) >= 11 is 0. The van der Waals surface area contributed by atoms with Gasteiger partial charge < -0.3 is 25.7 Å². The Morgan fingerprint density at radius 3 is 1.27 bits per heavy atom. The largest absolute Gasteiger partial charge is 0.394 e. The Bertz CT molecular complexity index is 854. The first-order chi connectivity index (χ1) is 25.0. The molecule has 298 valence electrons. The van der Waals surface area contributed by atoms with E-state index >= 15 is 0 Å². The van der Waals surface area contributed by atoms with Gasteiger partial charge in [-0.3, -0.25) is 4.79 Å². The third-order valence-corrected chi connectivity index (χ3v) is 9.72. The molecule has 0 aromatic rings. The summed E-state index contributed by atoms with van der Waals surface area (Å²) in [5.74, 6) is -0.606. The monoisotopic (exact) mass is 718 g/mol. The highest BCUT2D eigenvalue weighted by molar-refractivity contribution is 5.80. The molecule has 0 bridgehead atoms. The van der Waals surface area contributed by atoms with Crippen LogP contribution in [-0.2, 0) is 4.79 Å². The maximum absolute atomic E-state index is 12.5. The van der Waals surface area contributed by atoms with Crippen LogP contribution >= 0.6 is 0 Å². The van der Waals surface area contributed by atoms with Gasteiger partial charge in [-0.15, -0.1) is 0 Å². The topological polar surface area (TPSA) is 110 Å². The molecule has 0 saturated heterocycles. The Labute approximate surface area is 315 Å². The van der Waals surface area contributed by atoms with E-state index in [1.54, 1.807) is 0 Å². The molecule has 0 radical (unpaired) electrons. The van der Waals surface area contributed by atoms with Crippen LogP contribution in [0.1, 0.15) is 200 Å². The van der Waals surface area contributed by atoms with Gasteiger partial charge in [-0.1, -0.05) is 159 Å². The van der Waals surface area contributed by atoms with Crippen LogP contribution in [0.2, 0.25) is 0 Å². The van der Waals surface area contributed by atoms with Gasteiger partial charge in [0.25, 0.3) is 0 Å². The lowest BCUT2D eigenvalue weighted by molar-refractivity contribution is -0.132. The number of amides is 1. The minimum absolute atomic E-state index is 0.350. The Morgan fingerprint density at radius 2 is 0.824 bits per heavy atom. The molecule has 4 unspecified atom stereocenters. The standard InChI is InChI=1S/C45H83NO5/c1-3-5-7-9-11-13-15-17-19-21-22-23-25-27-29-31-33-35-37-39-43(49)45(51)46-41(40-47)44(50)42(48)38-36-34-32-30-28-26-24-20-18-16-14-12-10-8-6-4-2/h12,14,20,22-24,30,32,41-44,47-50H,3-11,13,15-19,21,25-29,31,33-40H2,1-2H3,(H,46,51)/b14-12+,23-22-,24-20+,32-30+. The second kappa shape index (κ2) is 39.5. The molecule has 0 aromatic heterocycles. The number of rotatable bonds is 38. The highest BCUT2D eigenvalue weighted by Crippen LogP contribution is 2.14. The molecule has 0 aliphatic rings. The predicted molar refractivity (Wildman–Crippen MR) is 219 cm³/mol. The lowest BCUT2D eigenvalue weighted by Gasteiger charge is -2.27. The Kier molecular flexibility index (Phi) is 38.1. The lowest BCUT2D eigenvalue weighted by atomic mass is 10.00. The van der Waals surface area contributed by atoms with Crippen molar-refractivity contribution in [3.8, 4) is 0 Å².